The second kappa shape index (κ2) is 11.1. The molecule has 2 fully saturated rings. The lowest BCUT2D eigenvalue weighted by molar-refractivity contribution is -0.129. The van der Waals surface area contributed by atoms with Crippen molar-refractivity contribution in [3.63, 3.8) is 0 Å². The zero-order chi connectivity index (χ0) is 15.2. The molecule has 1 unspecified atom stereocenters. The SMILES string of the molecule is CN(C)C(=O)CCN1CCC(NC(=O)C2CCCN2)CC1.Cl.Cl. The van der Waals surface area contributed by atoms with E-state index in [1.807, 2.05) is 0 Å². The van der Waals surface area contributed by atoms with Crippen molar-refractivity contribution < 1.29 is 9.59 Å². The fourth-order valence-corrected chi connectivity index (χ4v) is 2.99. The summed E-state index contributed by atoms with van der Waals surface area (Å²) < 4.78 is 0. The Balaban J connectivity index is 0.00000242. The molecule has 0 aliphatic carbocycles. The molecule has 2 amide bonds. The number of piperidine rings is 1. The molecule has 2 N–H and O–H groups in total. The second-order valence-corrected chi connectivity index (χ2v) is 6.31. The third-order valence-corrected chi connectivity index (χ3v) is 4.45. The minimum absolute atomic E-state index is 0. The molecular weight excluding hydrogens is 339 g/mol. The van der Waals surface area contributed by atoms with Crippen LogP contribution in [0.25, 0.3) is 0 Å². The highest BCUT2D eigenvalue weighted by Gasteiger charge is 2.26. The lowest BCUT2D eigenvalue weighted by atomic mass is 10.0. The Morgan fingerprint density at radius 1 is 1.17 bits per heavy atom. The molecule has 0 aromatic rings. The predicted octanol–water partition coefficient (Wildman–Crippen LogP) is 0.641. The van der Waals surface area contributed by atoms with Gasteiger partial charge in [0.2, 0.25) is 11.8 Å². The summed E-state index contributed by atoms with van der Waals surface area (Å²) in [6.07, 6.45) is 4.59. The van der Waals surface area contributed by atoms with Gasteiger partial charge in [0.1, 0.15) is 0 Å². The van der Waals surface area contributed by atoms with Gasteiger partial charge in [-0.15, -0.1) is 24.8 Å². The van der Waals surface area contributed by atoms with Crippen molar-refractivity contribution in [2.45, 2.75) is 44.2 Å². The maximum Gasteiger partial charge on any atom is 0.237 e. The van der Waals surface area contributed by atoms with Crippen LogP contribution in [0.1, 0.15) is 32.1 Å². The van der Waals surface area contributed by atoms with Gasteiger partial charge < -0.3 is 20.4 Å². The van der Waals surface area contributed by atoms with Crippen molar-refractivity contribution >= 4 is 36.6 Å². The Hall–Kier alpha value is -0.560. The van der Waals surface area contributed by atoms with Crippen molar-refractivity contribution in [1.29, 1.82) is 0 Å². The predicted molar refractivity (Wildman–Crippen MR) is 96.4 cm³/mol. The van der Waals surface area contributed by atoms with E-state index in [0.29, 0.717) is 12.5 Å². The first-order valence-electron chi connectivity index (χ1n) is 8.02. The zero-order valence-electron chi connectivity index (χ0n) is 14.0. The van der Waals surface area contributed by atoms with Crippen LogP contribution >= 0.6 is 24.8 Å². The molecule has 1 atom stereocenters. The van der Waals surface area contributed by atoms with Crippen molar-refractivity contribution in [3.8, 4) is 0 Å². The Bertz CT molecular complexity index is 368. The molecule has 0 radical (unpaired) electrons. The van der Waals surface area contributed by atoms with Crippen LogP contribution in [-0.4, -0.2) is 74.0 Å². The summed E-state index contributed by atoms with van der Waals surface area (Å²) in [4.78, 5) is 27.6. The van der Waals surface area contributed by atoms with Crippen LogP contribution in [0.15, 0.2) is 0 Å². The topological polar surface area (TPSA) is 64.7 Å². The molecule has 136 valence electrons. The molecule has 0 aromatic carbocycles. The fourth-order valence-electron chi connectivity index (χ4n) is 2.99. The monoisotopic (exact) mass is 368 g/mol. The molecule has 2 heterocycles. The molecule has 2 saturated heterocycles. The van der Waals surface area contributed by atoms with Gasteiger partial charge in [-0.1, -0.05) is 0 Å². The average Bonchev–Trinajstić information content (AvgIpc) is 3.00. The highest BCUT2D eigenvalue weighted by molar-refractivity contribution is 5.85. The Labute approximate surface area is 151 Å². The van der Waals surface area contributed by atoms with Gasteiger partial charge in [-0.2, -0.15) is 0 Å². The van der Waals surface area contributed by atoms with Crippen LogP contribution in [0.4, 0.5) is 0 Å². The summed E-state index contributed by atoms with van der Waals surface area (Å²) in [6.45, 7) is 3.70. The van der Waals surface area contributed by atoms with Gasteiger partial charge >= 0.3 is 0 Å². The molecule has 2 rings (SSSR count). The van der Waals surface area contributed by atoms with E-state index in [0.717, 1.165) is 51.9 Å². The van der Waals surface area contributed by atoms with Crippen molar-refractivity contribution in [1.82, 2.24) is 20.4 Å². The molecule has 6 nitrogen and oxygen atoms in total. The number of carbonyl (C=O) groups excluding carboxylic acids is 2. The van der Waals surface area contributed by atoms with Crippen LogP contribution in [-0.2, 0) is 9.59 Å². The van der Waals surface area contributed by atoms with Crippen molar-refractivity contribution in [2.75, 3.05) is 40.3 Å². The quantitative estimate of drug-likeness (QED) is 0.747. The standard InChI is InChI=1S/C15H28N4O2.2ClH/c1-18(2)14(20)7-11-19-9-5-12(6-10-19)17-15(21)13-4-3-8-16-13;;/h12-13,16H,3-11H2,1-2H3,(H,17,21);2*1H. The van der Waals surface area contributed by atoms with Crippen molar-refractivity contribution in [3.05, 3.63) is 0 Å². The highest BCUT2D eigenvalue weighted by atomic mass is 35.5. The van der Waals surface area contributed by atoms with E-state index in [2.05, 4.69) is 15.5 Å². The molecule has 8 heteroatoms. The maximum atomic E-state index is 12.0. The van der Waals surface area contributed by atoms with Gasteiger partial charge in [-0.3, -0.25) is 9.59 Å². The Kier molecular flexibility index (Phi) is 10.8. The number of carbonyl (C=O) groups is 2. The first-order valence-corrected chi connectivity index (χ1v) is 8.02. The molecule has 0 spiro atoms. The van der Waals surface area contributed by atoms with Gasteiger partial charge in [-0.25, -0.2) is 0 Å². The van der Waals surface area contributed by atoms with Crippen LogP contribution in [0.2, 0.25) is 0 Å². The normalized spacial score (nSPS) is 21.9. The summed E-state index contributed by atoms with van der Waals surface area (Å²) >= 11 is 0. The van der Waals surface area contributed by atoms with E-state index in [1.54, 1.807) is 19.0 Å². The summed E-state index contributed by atoms with van der Waals surface area (Å²) in [5.74, 6) is 0.339. The van der Waals surface area contributed by atoms with Crippen LogP contribution < -0.4 is 10.6 Å². The maximum absolute atomic E-state index is 12.0. The number of hydrogen-bond acceptors (Lipinski definition) is 4. The van der Waals surface area contributed by atoms with Gasteiger partial charge in [0.15, 0.2) is 0 Å². The molecule has 2 aliphatic heterocycles. The zero-order valence-corrected chi connectivity index (χ0v) is 15.7. The highest BCUT2D eigenvalue weighted by Crippen LogP contribution is 2.12. The number of rotatable bonds is 5. The minimum atomic E-state index is 0. The fraction of sp³-hybridized carbons (Fsp3) is 0.867. The van der Waals surface area contributed by atoms with E-state index in [-0.39, 0.29) is 42.7 Å². The molecule has 0 bridgehead atoms. The third kappa shape index (κ3) is 7.25. The molecule has 23 heavy (non-hydrogen) atoms. The molecule has 0 aromatic heterocycles. The van der Waals surface area contributed by atoms with Crippen LogP contribution in [0, 0.1) is 0 Å². The average molecular weight is 369 g/mol. The number of nitrogens with zero attached hydrogens (tertiary/aromatic N) is 2. The summed E-state index contributed by atoms with van der Waals surface area (Å²) in [7, 11) is 3.59. The minimum Gasteiger partial charge on any atom is -0.352 e. The molecular formula is C15H30Cl2N4O2. The second-order valence-electron chi connectivity index (χ2n) is 6.31. The van der Waals surface area contributed by atoms with Gasteiger partial charge in [0, 0.05) is 46.2 Å². The van der Waals surface area contributed by atoms with E-state index in [1.165, 1.54) is 0 Å². The first-order chi connectivity index (χ1) is 10.1. The largest absolute Gasteiger partial charge is 0.352 e. The lowest BCUT2D eigenvalue weighted by Gasteiger charge is -2.32. The summed E-state index contributed by atoms with van der Waals surface area (Å²) in [5, 5.41) is 6.39. The number of halogens is 2. The van der Waals surface area contributed by atoms with E-state index in [4.69, 9.17) is 0 Å². The number of nitrogens with one attached hydrogen (secondary N) is 2. The van der Waals surface area contributed by atoms with Crippen molar-refractivity contribution in [2.24, 2.45) is 0 Å². The van der Waals surface area contributed by atoms with Gasteiger partial charge in [-0.05, 0) is 32.2 Å². The Morgan fingerprint density at radius 3 is 2.35 bits per heavy atom. The van der Waals surface area contributed by atoms with E-state index >= 15 is 0 Å². The summed E-state index contributed by atoms with van der Waals surface area (Å²) in [6, 6.07) is 0.307. The van der Waals surface area contributed by atoms with Gasteiger partial charge in [0.25, 0.3) is 0 Å². The number of amides is 2. The van der Waals surface area contributed by atoms with Crippen LogP contribution in [0.5, 0.6) is 0 Å². The smallest absolute Gasteiger partial charge is 0.237 e. The van der Waals surface area contributed by atoms with Gasteiger partial charge in [0.05, 0.1) is 6.04 Å². The lowest BCUT2D eigenvalue weighted by Crippen LogP contribution is -2.49. The summed E-state index contributed by atoms with van der Waals surface area (Å²) in [5.41, 5.74) is 0. The van der Waals surface area contributed by atoms with E-state index in [9.17, 15) is 9.59 Å². The number of likely N-dealkylation sites (tertiary alicyclic amines) is 1. The Morgan fingerprint density at radius 2 is 1.83 bits per heavy atom. The van der Waals surface area contributed by atoms with E-state index < -0.39 is 0 Å². The third-order valence-electron chi connectivity index (χ3n) is 4.45. The molecule has 2 aliphatic rings. The first kappa shape index (κ1) is 22.4. The molecule has 0 saturated carbocycles. The number of hydrogen-bond donors (Lipinski definition) is 2. The van der Waals surface area contributed by atoms with Crippen LogP contribution in [0.3, 0.4) is 0 Å².